The highest BCUT2D eigenvalue weighted by atomic mass is 16.0. The van der Waals surface area contributed by atoms with Crippen molar-refractivity contribution in [1.29, 1.82) is 0 Å². The van der Waals surface area contributed by atoms with Gasteiger partial charge in [-0.1, -0.05) is 12.6 Å². The summed E-state index contributed by atoms with van der Waals surface area (Å²) in [6.07, 6.45) is 5.91. The Balaban J connectivity index is 0.000000810. The minimum atomic E-state index is 0. The van der Waals surface area contributed by atoms with E-state index in [0.29, 0.717) is 0 Å². The third-order valence-electron chi connectivity index (χ3n) is 1.12. The zero-order valence-corrected chi connectivity index (χ0v) is 5.83. The number of hydrogen-bond acceptors (Lipinski definition) is 0. The van der Waals surface area contributed by atoms with Crippen LogP contribution < -0.4 is 4.57 Å². The number of aromatic nitrogens is 1. The number of pyridine rings is 1. The van der Waals surface area contributed by atoms with Gasteiger partial charge in [-0.2, -0.15) is 0 Å². The van der Waals surface area contributed by atoms with E-state index in [1.807, 2.05) is 36.7 Å². The monoisotopic (exact) mass is 138 g/mol. The van der Waals surface area contributed by atoms with Gasteiger partial charge < -0.3 is 5.48 Å². The summed E-state index contributed by atoms with van der Waals surface area (Å²) in [5, 5.41) is 0. The highest BCUT2D eigenvalue weighted by Crippen LogP contribution is 1.75. The van der Waals surface area contributed by atoms with Crippen LogP contribution in [0.5, 0.6) is 0 Å². The summed E-state index contributed by atoms with van der Waals surface area (Å²) in [4.78, 5) is 0. The van der Waals surface area contributed by atoms with Crippen molar-refractivity contribution in [1.82, 2.24) is 0 Å². The maximum Gasteiger partial charge on any atom is 0.169 e. The Kier molecular flexibility index (Phi) is 4.16. The van der Waals surface area contributed by atoms with Crippen molar-refractivity contribution in [3.63, 3.8) is 0 Å². The van der Waals surface area contributed by atoms with Crippen LogP contribution in [0.15, 0.2) is 43.2 Å². The van der Waals surface area contributed by atoms with E-state index in [2.05, 4.69) is 11.1 Å². The fraction of sp³-hybridized carbons (Fsp3) is 0.125. The fourth-order valence-electron chi connectivity index (χ4n) is 0.705. The van der Waals surface area contributed by atoms with Gasteiger partial charge in [0.15, 0.2) is 18.9 Å². The van der Waals surface area contributed by atoms with Gasteiger partial charge in [0, 0.05) is 12.1 Å². The lowest BCUT2D eigenvalue weighted by atomic mass is 10.5. The Morgan fingerprint density at radius 1 is 1.20 bits per heavy atom. The first-order valence-electron chi connectivity index (χ1n) is 2.98. The smallest absolute Gasteiger partial charge is 0.169 e. The lowest BCUT2D eigenvalue weighted by Crippen LogP contribution is -2.30. The molecule has 54 valence electrons. The molecule has 0 saturated carbocycles. The summed E-state index contributed by atoms with van der Waals surface area (Å²) in [6.45, 7) is 4.52. The van der Waals surface area contributed by atoms with Gasteiger partial charge in [-0.3, -0.25) is 0 Å². The van der Waals surface area contributed by atoms with E-state index < -0.39 is 0 Å². The van der Waals surface area contributed by atoms with Gasteiger partial charge in [-0.25, -0.2) is 4.57 Å². The molecule has 1 rings (SSSR count). The molecule has 0 fully saturated rings. The van der Waals surface area contributed by atoms with Gasteiger partial charge in [0.05, 0.1) is 0 Å². The second kappa shape index (κ2) is 4.70. The first-order chi connectivity index (χ1) is 4.43. The molecule has 1 aromatic rings. The van der Waals surface area contributed by atoms with E-state index in [9.17, 15) is 0 Å². The summed E-state index contributed by atoms with van der Waals surface area (Å²) in [6, 6.07) is 6.01. The molecular formula is C8H12NO+. The van der Waals surface area contributed by atoms with Crippen LogP contribution in [0.4, 0.5) is 0 Å². The average molecular weight is 138 g/mol. The fourth-order valence-corrected chi connectivity index (χ4v) is 0.705. The molecule has 2 heteroatoms. The van der Waals surface area contributed by atoms with Gasteiger partial charge in [0.25, 0.3) is 0 Å². The lowest BCUT2D eigenvalue weighted by molar-refractivity contribution is -0.687. The Bertz CT molecular complexity index is 184. The Labute approximate surface area is 60.7 Å². The van der Waals surface area contributed by atoms with Crippen LogP contribution in [0, 0.1) is 0 Å². The minimum Gasteiger partial charge on any atom is -0.412 e. The molecule has 2 N–H and O–H groups in total. The predicted molar refractivity (Wildman–Crippen MR) is 40.4 cm³/mol. The first-order valence-corrected chi connectivity index (χ1v) is 2.98. The molecule has 0 bridgehead atoms. The SMILES string of the molecule is C=CC[n+]1ccccc1.O. The van der Waals surface area contributed by atoms with Gasteiger partial charge in [0.2, 0.25) is 0 Å². The maximum absolute atomic E-state index is 3.64. The van der Waals surface area contributed by atoms with Crippen LogP contribution >= 0.6 is 0 Å². The third-order valence-corrected chi connectivity index (χ3v) is 1.12. The van der Waals surface area contributed by atoms with Gasteiger partial charge in [-0.05, 0) is 6.08 Å². The summed E-state index contributed by atoms with van der Waals surface area (Å²) < 4.78 is 2.06. The third kappa shape index (κ3) is 2.42. The zero-order valence-electron chi connectivity index (χ0n) is 5.83. The van der Waals surface area contributed by atoms with Gasteiger partial charge in [-0.15, -0.1) is 0 Å². The molecule has 1 aromatic heterocycles. The number of rotatable bonds is 2. The highest BCUT2D eigenvalue weighted by molar-refractivity contribution is 4.83. The molecule has 0 unspecified atom stereocenters. The largest absolute Gasteiger partial charge is 0.412 e. The number of nitrogens with zero attached hydrogens (tertiary/aromatic N) is 1. The molecule has 1 heterocycles. The molecule has 0 atom stereocenters. The molecule has 0 radical (unpaired) electrons. The Hall–Kier alpha value is -1.15. The first kappa shape index (κ1) is 8.85. The molecule has 0 aromatic carbocycles. The van der Waals surface area contributed by atoms with Crippen LogP contribution in [0.2, 0.25) is 0 Å². The zero-order chi connectivity index (χ0) is 6.53. The van der Waals surface area contributed by atoms with Crippen molar-refractivity contribution >= 4 is 0 Å². The number of hydrogen-bond donors (Lipinski definition) is 0. The summed E-state index contributed by atoms with van der Waals surface area (Å²) in [7, 11) is 0. The number of allylic oxidation sites excluding steroid dienone is 1. The molecule has 10 heavy (non-hydrogen) atoms. The van der Waals surface area contributed by atoms with Gasteiger partial charge in [0.1, 0.15) is 0 Å². The Morgan fingerprint density at radius 2 is 1.80 bits per heavy atom. The Morgan fingerprint density at radius 3 is 2.30 bits per heavy atom. The summed E-state index contributed by atoms with van der Waals surface area (Å²) in [5.41, 5.74) is 0. The van der Waals surface area contributed by atoms with Crippen molar-refractivity contribution < 1.29 is 10.0 Å². The van der Waals surface area contributed by atoms with Crippen molar-refractivity contribution in [2.24, 2.45) is 0 Å². The standard InChI is InChI=1S/C8H10N.H2O/c1-2-6-9-7-4-3-5-8-9;/h2-5,7-8H,1,6H2;1H2/q+1;. The summed E-state index contributed by atoms with van der Waals surface area (Å²) >= 11 is 0. The normalized spacial score (nSPS) is 8.00. The van der Waals surface area contributed by atoms with Crippen molar-refractivity contribution in [2.75, 3.05) is 0 Å². The van der Waals surface area contributed by atoms with E-state index in [1.165, 1.54) is 0 Å². The minimum absolute atomic E-state index is 0. The van der Waals surface area contributed by atoms with E-state index in [4.69, 9.17) is 0 Å². The van der Waals surface area contributed by atoms with Crippen LogP contribution in [0.1, 0.15) is 0 Å². The van der Waals surface area contributed by atoms with Crippen molar-refractivity contribution in [3.05, 3.63) is 43.2 Å². The van der Waals surface area contributed by atoms with Crippen LogP contribution in [0.3, 0.4) is 0 Å². The van der Waals surface area contributed by atoms with E-state index in [1.54, 1.807) is 0 Å². The van der Waals surface area contributed by atoms with E-state index >= 15 is 0 Å². The maximum atomic E-state index is 3.64. The van der Waals surface area contributed by atoms with Crippen molar-refractivity contribution in [3.8, 4) is 0 Å². The molecule has 0 spiro atoms. The highest BCUT2D eigenvalue weighted by Gasteiger charge is 1.88. The lowest BCUT2D eigenvalue weighted by Gasteiger charge is -1.86. The molecular weight excluding hydrogens is 126 g/mol. The molecule has 0 amide bonds. The summed E-state index contributed by atoms with van der Waals surface area (Å²) in [5.74, 6) is 0. The molecule has 0 saturated heterocycles. The molecule has 0 aliphatic rings. The van der Waals surface area contributed by atoms with Gasteiger partial charge >= 0.3 is 0 Å². The van der Waals surface area contributed by atoms with Crippen LogP contribution in [0.25, 0.3) is 0 Å². The topological polar surface area (TPSA) is 35.4 Å². The second-order valence-electron chi connectivity index (χ2n) is 1.86. The quantitative estimate of drug-likeness (QED) is 0.417. The molecule has 0 aliphatic heterocycles. The second-order valence-corrected chi connectivity index (χ2v) is 1.86. The van der Waals surface area contributed by atoms with E-state index in [0.717, 1.165) is 6.54 Å². The van der Waals surface area contributed by atoms with Crippen LogP contribution in [-0.4, -0.2) is 5.48 Å². The predicted octanol–water partition coefficient (Wildman–Crippen LogP) is 0.335. The van der Waals surface area contributed by atoms with E-state index in [-0.39, 0.29) is 5.48 Å². The van der Waals surface area contributed by atoms with Crippen LogP contribution in [-0.2, 0) is 6.54 Å². The molecule has 2 nitrogen and oxygen atoms in total. The van der Waals surface area contributed by atoms with Crippen molar-refractivity contribution in [2.45, 2.75) is 6.54 Å². The average Bonchev–Trinajstić information content (AvgIpc) is 1.91. The molecule has 0 aliphatic carbocycles.